The topological polar surface area (TPSA) is 29.1 Å². The van der Waals surface area contributed by atoms with Gasteiger partial charge in [-0.15, -0.1) is 12.3 Å². The van der Waals surface area contributed by atoms with Gasteiger partial charge in [0.1, 0.15) is 5.78 Å². The Morgan fingerprint density at radius 1 is 1.50 bits per heavy atom. The van der Waals surface area contributed by atoms with Crippen LogP contribution in [-0.4, -0.2) is 18.4 Å². The zero-order chi connectivity index (χ0) is 9.40. The smallest absolute Gasteiger partial charge is 0.135 e. The average Bonchev–Trinajstić information content (AvgIpc) is 2.00. The number of rotatable bonds is 6. The van der Waals surface area contributed by atoms with E-state index in [2.05, 4.69) is 25.1 Å². The lowest BCUT2D eigenvalue weighted by Crippen LogP contribution is -2.25. The molecule has 0 aliphatic heterocycles. The summed E-state index contributed by atoms with van der Waals surface area (Å²) in [4.78, 5) is 11.0. The van der Waals surface area contributed by atoms with Crippen LogP contribution in [0, 0.1) is 12.3 Å². The molecule has 0 saturated carbocycles. The third-order valence-electron chi connectivity index (χ3n) is 1.50. The second-order valence-electron chi connectivity index (χ2n) is 3.10. The lowest BCUT2D eigenvalue weighted by Gasteiger charge is -2.06. The molecule has 0 aromatic rings. The molecule has 0 aromatic carbocycles. The van der Waals surface area contributed by atoms with E-state index >= 15 is 0 Å². The Morgan fingerprint density at radius 2 is 2.17 bits per heavy atom. The minimum atomic E-state index is 0.251. The Bertz CT molecular complexity index is 167. The first-order valence-corrected chi connectivity index (χ1v) is 4.35. The van der Waals surface area contributed by atoms with E-state index in [4.69, 9.17) is 6.42 Å². The minimum absolute atomic E-state index is 0.251. The molecule has 0 aliphatic carbocycles. The molecule has 2 nitrogen and oxygen atoms in total. The summed E-state index contributed by atoms with van der Waals surface area (Å²) in [6, 6.07) is 0.449. The highest BCUT2D eigenvalue weighted by molar-refractivity contribution is 5.78. The molecule has 0 saturated heterocycles. The fourth-order valence-electron chi connectivity index (χ4n) is 0.837. The SMILES string of the molecule is C#CCCC(=O)CCNC(C)C. The molecule has 0 radical (unpaired) electrons. The van der Waals surface area contributed by atoms with Crippen molar-refractivity contribution in [3.63, 3.8) is 0 Å². The van der Waals surface area contributed by atoms with Crippen LogP contribution in [0.2, 0.25) is 0 Å². The molecule has 0 spiro atoms. The average molecular weight is 167 g/mol. The van der Waals surface area contributed by atoms with Crippen molar-refractivity contribution in [2.75, 3.05) is 6.54 Å². The highest BCUT2D eigenvalue weighted by Crippen LogP contribution is 1.93. The first-order valence-electron chi connectivity index (χ1n) is 4.35. The summed E-state index contributed by atoms with van der Waals surface area (Å²) in [6.45, 7) is 4.89. The van der Waals surface area contributed by atoms with Crippen LogP contribution in [0.4, 0.5) is 0 Å². The summed E-state index contributed by atoms with van der Waals surface area (Å²) in [6.07, 6.45) is 6.73. The molecule has 0 amide bonds. The molecule has 0 atom stereocenters. The summed E-state index contributed by atoms with van der Waals surface area (Å²) in [5.74, 6) is 2.71. The number of ketones is 1. The molecule has 0 fully saturated rings. The predicted octanol–water partition coefficient (Wildman–Crippen LogP) is 1.36. The first-order chi connectivity index (χ1) is 5.66. The zero-order valence-corrected chi connectivity index (χ0v) is 7.89. The van der Waals surface area contributed by atoms with Gasteiger partial charge in [-0.2, -0.15) is 0 Å². The second kappa shape index (κ2) is 6.87. The molecule has 0 bridgehead atoms. The summed E-state index contributed by atoms with van der Waals surface area (Å²) >= 11 is 0. The van der Waals surface area contributed by atoms with Gasteiger partial charge in [-0.1, -0.05) is 13.8 Å². The van der Waals surface area contributed by atoms with Crippen molar-refractivity contribution in [3.8, 4) is 12.3 Å². The number of carbonyl (C=O) groups is 1. The van der Waals surface area contributed by atoms with Gasteiger partial charge in [-0.25, -0.2) is 0 Å². The normalized spacial score (nSPS) is 9.83. The Labute approximate surface area is 74.7 Å². The monoisotopic (exact) mass is 167 g/mol. The van der Waals surface area contributed by atoms with Gasteiger partial charge in [0, 0.05) is 31.8 Å². The number of hydrogen-bond donors (Lipinski definition) is 1. The molecule has 12 heavy (non-hydrogen) atoms. The molecule has 0 heterocycles. The van der Waals surface area contributed by atoms with E-state index in [0.29, 0.717) is 25.3 Å². The number of terminal acetylenes is 1. The van der Waals surface area contributed by atoms with Gasteiger partial charge < -0.3 is 5.32 Å². The van der Waals surface area contributed by atoms with Crippen molar-refractivity contribution >= 4 is 5.78 Å². The van der Waals surface area contributed by atoms with Crippen LogP contribution in [0.3, 0.4) is 0 Å². The summed E-state index contributed by atoms with van der Waals surface area (Å²) in [7, 11) is 0. The Kier molecular flexibility index (Phi) is 6.41. The van der Waals surface area contributed by atoms with E-state index in [1.807, 2.05) is 0 Å². The van der Waals surface area contributed by atoms with E-state index in [-0.39, 0.29) is 5.78 Å². The molecule has 0 aliphatic rings. The Morgan fingerprint density at radius 3 is 2.67 bits per heavy atom. The van der Waals surface area contributed by atoms with E-state index in [1.54, 1.807) is 0 Å². The van der Waals surface area contributed by atoms with Crippen LogP contribution in [0.5, 0.6) is 0 Å². The van der Waals surface area contributed by atoms with Crippen molar-refractivity contribution < 1.29 is 4.79 Å². The zero-order valence-electron chi connectivity index (χ0n) is 7.89. The Balaban J connectivity index is 3.27. The standard InChI is InChI=1S/C10H17NO/c1-4-5-6-10(12)7-8-11-9(2)3/h1,9,11H,5-8H2,2-3H3. The van der Waals surface area contributed by atoms with Crippen LogP contribution in [0.15, 0.2) is 0 Å². The fraction of sp³-hybridized carbons (Fsp3) is 0.700. The fourth-order valence-corrected chi connectivity index (χ4v) is 0.837. The first kappa shape index (κ1) is 11.2. The van der Waals surface area contributed by atoms with Crippen molar-refractivity contribution in [1.29, 1.82) is 0 Å². The third kappa shape index (κ3) is 7.30. The van der Waals surface area contributed by atoms with Gasteiger partial charge in [0.15, 0.2) is 0 Å². The lowest BCUT2D eigenvalue weighted by molar-refractivity contribution is -0.118. The Hall–Kier alpha value is -0.810. The predicted molar refractivity (Wildman–Crippen MR) is 50.8 cm³/mol. The molecule has 1 N–H and O–H groups in total. The van der Waals surface area contributed by atoms with E-state index in [0.717, 1.165) is 6.54 Å². The quantitative estimate of drug-likeness (QED) is 0.605. The van der Waals surface area contributed by atoms with E-state index < -0.39 is 0 Å². The maximum absolute atomic E-state index is 11.0. The molecule has 68 valence electrons. The van der Waals surface area contributed by atoms with Crippen LogP contribution >= 0.6 is 0 Å². The molecular weight excluding hydrogens is 150 g/mol. The maximum atomic E-state index is 11.0. The van der Waals surface area contributed by atoms with Crippen molar-refractivity contribution in [2.45, 2.75) is 39.2 Å². The van der Waals surface area contributed by atoms with Crippen molar-refractivity contribution in [1.82, 2.24) is 5.32 Å². The van der Waals surface area contributed by atoms with E-state index in [1.165, 1.54) is 0 Å². The lowest BCUT2D eigenvalue weighted by atomic mass is 10.2. The van der Waals surface area contributed by atoms with Gasteiger partial charge in [0.05, 0.1) is 0 Å². The summed E-state index contributed by atoms with van der Waals surface area (Å²) in [5.41, 5.74) is 0. The highest BCUT2D eigenvalue weighted by atomic mass is 16.1. The van der Waals surface area contributed by atoms with Crippen LogP contribution < -0.4 is 5.32 Å². The third-order valence-corrected chi connectivity index (χ3v) is 1.50. The molecule has 0 rings (SSSR count). The second-order valence-corrected chi connectivity index (χ2v) is 3.10. The van der Waals surface area contributed by atoms with Gasteiger partial charge in [0.25, 0.3) is 0 Å². The van der Waals surface area contributed by atoms with Crippen molar-refractivity contribution in [3.05, 3.63) is 0 Å². The molecule has 2 heteroatoms. The largest absolute Gasteiger partial charge is 0.314 e. The van der Waals surface area contributed by atoms with Gasteiger partial charge in [0.2, 0.25) is 0 Å². The summed E-state index contributed by atoms with van der Waals surface area (Å²) in [5, 5.41) is 3.18. The minimum Gasteiger partial charge on any atom is -0.314 e. The van der Waals surface area contributed by atoms with Crippen molar-refractivity contribution in [2.24, 2.45) is 0 Å². The van der Waals surface area contributed by atoms with Gasteiger partial charge >= 0.3 is 0 Å². The number of carbonyl (C=O) groups excluding carboxylic acids is 1. The molecular formula is C10H17NO. The van der Waals surface area contributed by atoms with Gasteiger partial charge in [-0.05, 0) is 0 Å². The number of Topliss-reactive ketones (excluding diaryl/α,β-unsaturated/α-hetero) is 1. The number of nitrogens with one attached hydrogen (secondary N) is 1. The van der Waals surface area contributed by atoms with Crippen LogP contribution in [0.1, 0.15) is 33.1 Å². The highest BCUT2D eigenvalue weighted by Gasteiger charge is 2.00. The molecule has 0 unspecified atom stereocenters. The van der Waals surface area contributed by atoms with Gasteiger partial charge in [-0.3, -0.25) is 4.79 Å². The summed E-state index contributed by atoms with van der Waals surface area (Å²) < 4.78 is 0. The maximum Gasteiger partial charge on any atom is 0.135 e. The van der Waals surface area contributed by atoms with Crippen LogP contribution in [0.25, 0.3) is 0 Å². The number of hydrogen-bond acceptors (Lipinski definition) is 2. The van der Waals surface area contributed by atoms with Crippen LogP contribution in [-0.2, 0) is 4.79 Å². The van der Waals surface area contributed by atoms with E-state index in [9.17, 15) is 4.79 Å². The molecule has 0 aromatic heterocycles.